The Morgan fingerprint density at radius 2 is 1.61 bits per heavy atom. The first-order valence-corrected chi connectivity index (χ1v) is 13.2. The summed E-state index contributed by atoms with van der Waals surface area (Å²) in [5.74, 6) is -0.955. The minimum Gasteiger partial charge on any atom is -0.322 e. The number of sulfonamides is 1. The van der Waals surface area contributed by atoms with Crippen LogP contribution in [-0.4, -0.2) is 26.4 Å². The van der Waals surface area contributed by atoms with E-state index in [1.165, 1.54) is 24.4 Å². The Morgan fingerprint density at radius 3 is 2.36 bits per heavy atom. The van der Waals surface area contributed by atoms with Gasteiger partial charge in [-0.25, -0.2) is 13.8 Å². The molecule has 0 saturated heterocycles. The molecule has 0 fully saturated rings. The second kappa shape index (κ2) is 11.2. The molecule has 0 radical (unpaired) electrons. The fourth-order valence-corrected chi connectivity index (χ4v) is 5.44. The first kappa shape index (κ1) is 25.1. The summed E-state index contributed by atoms with van der Waals surface area (Å²) in [6, 6.07) is 22.9. The summed E-state index contributed by atoms with van der Waals surface area (Å²) in [7, 11) is -3.82. The lowest BCUT2D eigenvalue weighted by atomic mass is 10.2. The topological polar surface area (TPSA) is 117 Å². The normalized spacial score (nSPS) is 11.2. The van der Waals surface area contributed by atoms with Crippen molar-refractivity contribution < 1.29 is 18.0 Å². The third kappa shape index (κ3) is 6.16. The van der Waals surface area contributed by atoms with Gasteiger partial charge in [-0.05, 0) is 53.4 Å². The number of carbonyl (C=O) groups excluding carboxylic acids is 2. The summed E-state index contributed by atoms with van der Waals surface area (Å²) in [4.78, 5) is 25.2. The molecule has 0 atom stereocenters. The summed E-state index contributed by atoms with van der Waals surface area (Å²) in [5.41, 5.74) is 4.10. The number of amides is 2. The highest BCUT2D eigenvalue weighted by Gasteiger charge is 2.19. The average molecular weight is 539 g/mol. The molecule has 0 bridgehead atoms. The van der Waals surface area contributed by atoms with E-state index in [1.807, 2.05) is 0 Å². The Hall–Kier alpha value is -3.99. The SMILES string of the molecule is O=C(Nc1cccc(/C=N/NC(=O)c2ccccc2NS(=O)(=O)c2cccs2)c1)c1ccccc1Cl. The van der Waals surface area contributed by atoms with Gasteiger partial charge in [0.15, 0.2) is 0 Å². The fraction of sp³-hybridized carbons (Fsp3) is 0. The van der Waals surface area contributed by atoms with Crippen LogP contribution in [0, 0.1) is 0 Å². The molecular formula is C25H19ClN4O4S2. The van der Waals surface area contributed by atoms with Gasteiger partial charge in [-0.2, -0.15) is 5.10 Å². The van der Waals surface area contributed by atoms with Crippen LogP contribution in [0.25, 0.3) is 0 Å². The minimum absolute atomic E-state index is 0.107. The number of hydrazone groups is 1. The second-order valence-corrected chi connectivity index (χ2v) is 10.6. The van der Waals surface area contributed by atoms with E-state index >= 15 is 0 Å². The predicted octanol–water partition coefficient (Wildman–Crippen LogP) is 5.22. The van der Waals surface area contributed by atoms with Crippen molar-refractivity contribution in [1.82, 2.24) is 5.43 Å². The van der Waals surface area contributed by atoms with Crippen molar-refractivity contribution in [2.24, 2.45) is 5.10 Å². The number of nitrogens with one attached hydrogen (secondary N) is 3. The highest BCUT2D eigenvalue weighted by atomic mass is 35.5. The Labute approximate surface area is 216 Å². The molecule has 3 N–H and O–H groups in total. The summed E-state index contributed by atoms with van der Waals surface area (Å²) in [6.07, 6.45) is 1.40. The molecule has 11 heteroatoms. The number of hydrogen-bond acceptors (Lipinski definition) is 6. The number of hydrogen-bond donors (Lipinski definition) is 3. The van der Waals surface area contributed by atoms with E-state index in [0.717, 1.165) is 11.3 Å². The number of halogens is 1. The highest BCUT2D eigenvalue weighted by molar-refractivity contribution is 7.94. The molecule has 0 saturated carbocycles. The van der Waals surface area contributed by atoms with Crippen molar-refractivity contribution in [3.05, 3.63) is 112 Å². The average Bonchev–Trinajstić information content (AvgIpc) is 3.41. The van der Waals surface area contributed by atoms with Crippen LogP contribution in [-0.2, 0) is 10.0 Å². The van der Waals surface area contributed by atoms with Crippen LogP contribution in [0.2, 0.25) is 5.02 Å². The monoisotopic (exact) mass is 538 g/mol. The maximum absolute atomic E-state index is 12.7. The molecule has 0 aliphatic carbocycles. The number of carbonyl (C=O) groups is 2. The Kier molecular flexibility index (Phi) is 7.79. The lowest BCUT2D eigenvalue weighted by Crippen LogP contribution is -2.21. The molecule has 182 valence electrons. The lowest BCUT2D eigenvalue weighted by Gasteiger charge is -2.10. The van der Waals surface area contributed by atoms with Crippen molar-refractivity contribution in [3.63, 3.8) is 0 Å². The lowest BCUT2D eigenvalue weighted by molar-refractivity contribution is 0.0955. The van der Waals surface area contributed by atoms with Gasteiger partial charge in [0, 0.05) is 5.69 Å². The standard InChI is InChI=1S/C25H19ClN4O4S2/c26-21-11-3-1-9-19(21)24(31)28-18-8-5-7-17(15-18)16-27-29-25(32)20-10-2-4-12-22(20)30-36(33,34)23-13-6-14-35-23/h1-16,30H,(H,28,31)(H,29,32)/b27-16+. The zero-order chi connectivity index (χ0) is 25.5. The molecule has 36 heavy (non-hydrogen) atoms. The number of benzene rings is 3. The van der Waals surface area contributed by atoms with E-state index in [2.05, 4.69) is 20.6 Å². The van der Waals surface area contributed by atoms with Crippen molar-refractivity contribution in [1.29, 1.82) is 0 Å². The van der Waals surface area contributed by atoms with Gasteiger partial charge in [0.25, 0.3) is 21.8 Å². The molecule has 4 aromatic rings. The molecule has 1 heterocycles. The summed E-state index contributed by atoms with van der Waals surface area (Å²) in [5, 5.41) is 8.73. The molecule has 2 amide bonds. The third-order valence-electron chi connectivity index (χ3n) is 4.82. The summed E-state index contributed by atoms with van der Waals surface area (Å²) >= 11 is 7.15. The molecule has 4 rings (SSSR count). The Bertz CT molecular complexity index is 1540. The van der Waals surface area contributed by atoms with E-state index in [-0.39, 0.29) is 21.4 Å². The van der Waals surface area contributed by atoms with E-state index in [0.29, 0.717) is 21.8 Å². The molecule has 1 aromatic heterocycles. The van der Waals surface area contributed by atoms with Crippen LogP contribution in [0.15, 0.2) is 99.6 Å². The minimum atomic E-state index is -3.82. The van der Waals surface area contributed by atoms with Gasteiger partial charge < -0.3 is 5.32 Å². The van der Waals surface area contributed by atoms with Crippen LogP contribution in [0.4, 0.5) is 11.4 Å². The van der Waals surface area contributed by atoms with Crippen LogP contribution in [0.3, 0.4) is 0 Å². The van der Waals surface area contributed by atoms with E-state index in [1.54, 1.807) is 72.1 Å². The number of thiophene rings is 1. The zero-order valence-electron chi connectivity index (χ0n) is 18.5. The molecule has 3 aromatic carbocycles. The molecule has 0 spiro atoms. The summed E-state index contributed by atoms with van der Waals surface area (Å²) < 4.78 is 27.7. The number of anilines is 2. The van der Waals surface area contributed by atoms with Crippen molar-refractivity contribution in [3.8, 4) is 0 Å². The van der Waals surface area contributed by atoms with E-state index in [4.69, 9.17) is 11.6 Å². The van der Waals surface area contributed by atoms with Crippen molar-refractivity contribution in [2.75, 3.05) is 10.0 Å². The van der Waals surface area contributed by atoms with Gasteiger partial charge in [0.1, 0.15) is 4.21 Å². The van der Waals surface area contributed by atoms with Gasteiger partial charge >= 0.3 is 0 Å². The Morgan fingerprint density at radius 1 is 0.861 bits per heavy atom. The summed E-state index contributed by atoms with van der Waals surface area (Å²) in [6.45, 7) is 0. The Balaban J connectivity index is 1.43. The molecular weight excluding hydrogens is 520 g/mol. The number of para-hydroxylation sites is 1. The number of rotatable bonds is 8. The van der Waals surface area contributed by atoms with Gasteiger partial charge in [0.05, 0.1) is 28.1 Å². The predicted molar refractivity (Wildman–Crippen MR) is 142 cm³/mol. The smallest absolute Gasteiger partial charge is 0.273 e. The second-order valence-electron chi connectivity index (χ2n) is 7.34. The van der Waals surface area contributed by atoms with Crippen LogP contribution >= 0.6 is 22.9 Å². The van der Waals surface area contributed by atoms with Crippen molar-refractivity contribution >= 4 is 62.4 Å². The zero-order valence-corrected chi connectivity index (χ0v) is 20.9. The van der Waals surface area contributed by atoms with E-state index in [9.17, 15) is 18.0 Å². The van der Waals surface area contributed by atoms with Crippen molar-refractivity contribution in [2.45, 2.75) is 4.21 Å². The quantitative estimate of drug-likeness (QED) is 0.211. The van der Waals surface area contributed by atoms with Gasteiger partial charge in [-0.1, -0.05) is 54.1 Å². The van der Waals surface area contributed by atoms with Crippen LogP contribution in [0.5, 0.6) is 0 Å². The highest BCUT2D eigenvalue weighted by Crippen LogP contribution is 2.23. The van der Waals surface area contributed by atoms with Crippen LogP contribution in [0.1, 0.15) is 26.3 Å². The maximum Gasteiger partial charge on any atom is 0.273 e. The first-order chi connectivity index (χ1) is 17.3. The largest absolute Gasteiger partial charge is 0.322 e. The van der Waals surface area contributed by atoms with Gasteiger partial charge in [-0.15, -0.1) is 11.3 Å². The van der Waals surface area contributed by atoms with Gasteiger partial charge in [0.2, 0.25) is 0 Å². The fourth-order valence-electron chi connectivity index (χ4n) is 3.15. The molecule has 0 unspecified atom stereocenters. The van der Waals surface area contributed by atoms with Crippen LogP contribution < -0.4 is 15.5 Å². The van der Waals surface area contributed by atoms with E-state index < -0.39 is 15.9 Å². The maximum atomic E-state index is 12.7. The molecule has 8 nitrogen and oxygen atoms in total. The first-order valence-electron chi connectivity index (χ1n) is 10.5. The van der Waals surface area contributed by atoms with Gasteiger partial charge in [-0.3, -0.25) is 14.3 Å². The number of nitrogens with zero attached hydrogens (tertiary/aromatic N) is 1. The third-order valence-corrected chi connectivity index (χ3v) is 7.91. The molecule has 0 aliphatic heterocycles. The molecule has 0 aliphatic rings.